The zero-order valence-electron chi connectivity index (χ0n) is 22.9. The molecule has 0 aliphatic rings. The van der Waals surface area contributed by atoms with Crippen LogP contribution in [0.25, 0.3) is 0 Å². The molecule has 1 N–H and O–H groups in total. The van der Waals surface area contributed by atoms with E-state index in [0.29, 0.717) is 22.1 Å². The van der Waals surface area contributed by atoms with Gasteiger partial charge in [-0.05, 0) is 61.0 Å². The number of hydrogen-bond donors (Lipinski definition) is 1. The van der Waals surface area contributed by atoms with Crippen LogP contribution >= 0.6 is 11.6 Å². The fourth-order valence-electron chi connectivity index (χ4n) is 4.00. The van der Waals surface area contributed by atoms with Crippen molar-refractivity contribution < 1.29 is 32.2 Å². The molecule has 0 aliphatic heterocycles. The molecule has 0 unspecified atom stereocenters. The van der Waals surface area contributed by atoms with Gasteiger partial charge in [-0.1, -0.05) is 23.7 Å². The molecule has 0 bridgehead atoms. The quantitative estimate of drug-likeness (QED) is 0.342. The molecule has 0 aromatic heterocycles. The first-order chi connectivity index (χ1) is 19.0. The Morgan fingerprint density at radius 2 is 1.60 bits per heavy atom. The van der Waals surface area contributed by atoms with E-state index in [2.05, 4.69) is 5.32 Å². The summed E-state index contributed by atoms with van der Waals surface area (Å²) in [6, 6.07) is 16.4. The lowest BCUT2D eigenvalue weighted by Gasteiger charge is -2.32. The van der Waals surface area contributed by atoms with Gasteiger partial charge in [0.2, 0.25) is 11.8 Å². The number of rotatable bonds is 12. The van der Waals surface area contributed by atoms with Crippen molar-refractivity contribution >= 4 is 39.1 Å². The third-order valence-electron chi connectivity index (χ3n) is 6.24. The smallest absolute Gasteiger partial charge is 0.264 e. The van der Waals surface area contributed by atoms with Crippen molar-refractivity contribution in [2.24, 2.45) is 0 Å². The molecular formula is C28H32ClN3O7S. The number of nitrogens with one attached hydrogen (secondary N) is 1. The van der Waals surface area contributed by atoms with Crippen molar-refractivity contribution in [2.45, 2.75) is 24.4 Å². The van der Waals surface area contributed by atoms with Gasteiger partial charge in [-0.2, -0.15) is 0 Å². The SMILES string of the molecule is CNC(=O)[C@H](C)N(Cc1cccc(OC)c1)C(=O)CN(c1ccc(Cl)cc1)S(=O)(=O)c1ccc(OC)c(OC)c1. The van der Waals surface area contributed by atoms with E-state index in [-0.39, 0.29) is 22.9 Å². The molecule has 2 amide bonds. The molecule has 3 aromatic carbocycles. The summed E-state index contributed by atoms with van der Waals surface area (Å²) >= 11 is 6.06. The Kier molecular flexibility index (Phi) is 10.2. The van der Waals surface area contributed by atoms with Crippen LogP contribution in [0.1, 0.15) is 12.5 Å². The number of halogens is 1. The normalized spacial score (nSPS) is 11.8. The van der Waals surface area contributed by atoms with Gasteiger partial charge in [0.05, 0.1) is 31.9 Å². The molecular weight excluding hydrogens is 558 g/mol. The minimum Gasteiger partial charge on any atom is -0.497 e. The van der Waals surface area contributed by atoms with Gasteiger partial charge in [0.15, 0.2) is 11.5 Å². The van der Waals surface area contributed by atoms with Crippen molar-refractivity contribution in [3.05, 3.63) is 77.3 Å². The standard InChI is InChI=1S/C28H32ClN3O7S/c1-19(28(34)30-2)31(17-20-7-6-8-23(15-20)37-3)27(33)18-32(22-11-9-21(29)10-12-22)40(35,36)24-13-14-25(38-4)26(16-24)39-5/h6-16,19H,17-18H2,1-5H3,(H,30,34)/t19-/m0/s1. The fourth-order valence-corrected chi connectivity index (χ4v) is 5.56. The van der Waals surface area contributed by atoms with Crippen LogP contribution in [0.2, 0.25) is 5.02 Å². The van der Waals surface area contributed by atoms with E-state index in [9.17, 15) is 18.0 Å². The molecule has 3 aromatic rings. The Morgan fingerprint density at radius 1 is 0.925 bits per heavy atom. The van der Waals surface area contributed by atoms with E-state index < -0.39 is 34.4 Å². The lowest BCUT2D eigenvalue weighted by molar-refractivity contribution is -0.139. The van der Waals surface area contributed by atoms with Gasteiger partial charge in [0.1, 0.15) is 18.3 Å². The van der Waals surface area contributed by atoms with Crippen molar-refractivity contribution in [2.75, 3.05) is 39.2 Å². The number of amides is 2. The molecule has 0 heterocycles. The number of nitrogens with zero attached hydrogens (tertiary/aromatic N) is 2. The van der Waals surface area contributed by atoms with Crippen molar-refractivity contribution in [1.29, 1.82) is 0 Å². The lowest BCUT2D eigenvalue weighted by atomic mass is 10.1. The second-order valence-corrected chi connectivity index (χ2v) is 11.0. The zero-order chi connectivity index (χ0) is 29.4. The maximum Gasteiger partial charge on any atom is 0.264 e. The largest absolute Gasteiger partial charge is 0.497 e. The monoisotopic (exact) mass is 589 g/mol. The fraction of sp³-hybridized carbons (Fsp3) is 0.286. The minimum absolute atomic E-state index is 0.0372. The van der Waals surface area contributed by atoms with Crippen LogP contribution in [0, 0.1) is 0 Å². The summed E-state index contributed by atoms with van der Waals surface area (Å²) in [6.07, 6.45) is 0. The van der Waals surface area contributed by atoms with Crippen molar-refractivity contribution in [3.63, 3.8) is 0 Å². The first kappa shape index (κ1) is 30.6. The molecule has 10 nitrogen and oxygen atoms in total. The second kappa shape index (κ2) is 13.4. The molecule has 0 saturated carbocycles. The van der Waals surface area contributed by atoms with E-state index in [1.165, 1.54) is 75.7 Å². The highest BCUT2D eigenvalue weighted by molar-refractivity contribution is 7.92. The average molecular weight is 590 g/mol. The number of carbonyl (C=O) groups is 2. The minimum atomic E-state index is -4.30. The van der Waals surface area contributed by atoms with Crippen LogP contribution in [0.5, 0.6) is 17.2 Å². The Hall–Kier alpha value is -3.96. The molecule has 0 aliphatic carbocycles. The molecule has 40 heavy (non-hydrogen) atoms. The number of methoxy groups -OCH3 is 3. The van der Waals surface area contributed by atoms with Crippen LogP contribution in [0.15, 0.2) is 71.6 Å². The number of anilines is 1. The molecule has 3 rings (SSSR count). The molecule has 0 saturated heterocycles. The van der Waals surface area contributed by atoms with E-state index in [4.69, 9.17) is 25.8 Å². The summed E-state index contributed by atoms with van der Waals surface area (Å²) in [7, 11) is 1.53. The number of benzene rings is 3. The highest BCUT2D eigenvalue weighted by Gasteiger charge is 2.33. The summed E-state index contributed by atoms with van der Waals surface area (Å²) in [4.78, 5) is 27.7. The summed E-state index contributed by atoms with van der Waals surface area (Å²) in [5.41, 5.74) is 0.908. The lowest BCUT2D eigenvalue weighted by Crippen LogP contribution is -2.50. The van der Waals surface area contributed by atoms with Gasteiger partial charge in [0.25, 0.3) is 10.0 Å². The van der Waals surface area contributed by atoms with Crippen LogP contribution in [0.3, 0.4) is 0 Å². The Labute approximate surface area is 239 Å². The maximum atomic E-state index is 14.0. The Morgan fingerprint density at radius 3 is 2.20 bits per heavy atom. The van der Waals surface area contributed by atoms with Gasteiger partial charge >= 0.3 is 0 Å². The van der Waals surface area contributed by atoms with Gasteiger partial charge in [-0.15, -0.1) is 0 Å². The first-order valence-corrected chi connectivity index (χ1v) is 14.0. The third-order valence-corrected chi connectivity index (χ3v) is 8.26. The Balaban J connectivity index is 2.07. The third kappa shape index (κ3) is 6.97. The van der Waals surface area contributed by atoms with Gasteiger partial charge in [0, 0.05) is 24.7 Å². The highest BCUT2D eigenvalue weighted by atomic mass is 35.5. The number of ether oxygens (including phenoxy) is 3. The number of hydrogen-bond acceptors (Lipinski definition) is 7. The summed E-state index contributed by atoms with van der Waals surface area (Å²) in [6.45, 7) is 1.02. The van der Waals surface area contributed by atoms with Crippen LogP contribution in [-0.2, 0) is 26.2 Å². The molecule has 0 radical (unpaired) electrons. The van der Waals surface area contributed by atoms with Crippen LogP contribution in [0.4, 0.5) is 5.69 Å². The summed E-state index contributed by atoms with van der Waals surface area (Å²) < 4.78 is 44.7. The van der Waals surface area contributed by atoms with E-state index in [1.54, 1.807) is 31.2 Å². The van der Waals surface area contributed by atoms with Crippen molar-refractivity contribution in [3.8, 4) is 17.2 Å². The van der Waals surface area contributed by atoms with Gasteiger partial charge in [-0.25, -0.2) is 8.42 Å². The number of carbonyl (C=O) groups excluding carboxylic acids is 2. The maximum absolute atomic E-state index is 14.0. The molecule has 12 heteroatoms. The molecule has 0 spiro atoms. The highest BCUT2D eigenvalue weighted by Crippen LogP contribution is 2.32. The zero-order valence-corrected chi connectivity index (χ0v) is 24.5. The van der Waals surface area contributed by atoms with E-state index in [1.807, 2.05) is 0 Å². The Bertz CT molecular complexity index is 1450. The molecule has 0 fully saturated rings. The van der Waals surface area contributed by atoms with Crippen LogP contribution < -0.4 is 23.8 Å². The average Bonchev–Trinajstić information content (AvgIpc) is 2.97. The molecule has 1 atom stereocenters. The molecule has 214 valence electrons. The van der Waals surface area contributed by atoms with Crippen LogP contribution in [-0.4, -0.2) is 66.1 Å². The first-order valence-electron chi connectivity index (χ1n) is 12.2. The predicted molar refractivity (Wildman–Crippen MR) is 153 cm³/mol. The number of sulfonamides is 1. The predicted octanol–water partition coefficient (Wildman–Crippen LogP) is 3.72. The van der Waals surface area contributed by atoms with Gasteiger partial charge < -0.3 is 24.4 Å². The van der Waals surface area contributed by atoms with Gasteiger partial charge in [-0.3, -0.25) is 13.9 Å². The number of likely N-dealkylation sites (N-methyl/N-ethyl adjacent to an activating group) is 1. The van der Waals surface area contributed by atoms with E-state index in [0.717, 1.165) is 4.31 Å². The second-order valence-electron chi connectivity index (χ2n) is 8.67. The summed E-state index contributed by atoms with van der Waals surface area (Å²) in [5, 5.41) is 2.94. The summed E-state index contributed by atoms with van der Waals surface area (Å²) in [5.74, 6) is 0.129. The topological polar surface area (TPSA) is 114 Å². The van der Waals surface area contributed by atoms with E-state index >= 15 is 0 Å². The van der Waals surface area contributed by atoms with Crippen molar-refractivity contribution in [1.82, 2.24) is 10.2 Å².